The number of nitrogens with two attached hydrogens (primary N) is 1. The van der Waals surface area contributed by atoms with Gasteiger partial charge >= 0.3 is 0 Å². The number of hydrogen-bond donors (Lipinski definition) is 1. The zero-order valence-corrected chi connectivity index (χ0v) is 8.68. The third-order valence-electron chi connectivity index (χ3n) is 2.44. The van der Waals surface area contributed by atoms with Crippen LogP contribution in [0.15, 0.2) is 18.2 Å². The SMILES string of the molecule is COc1ccc(C2CC2N)cc1F.Cl. The van der Waals surface area contributed by atoms with Crippen LogP contribution in [0.25, 0.3) is 0 Å². The Labute approximate surface area is 88.7 Å². The van der Waals surface area contributed by atoms with E-state index in [4.69, 9.17) is 10.5 Å². The van der Waals surface area contributed by atoms with Gasteiger partial charge < -0.3 is 10.5 Å². The molecule has 4 heteroatoms. The molecule has 0 aliphatic heterocycles. The summed E-state index contributed by atoms with van der Waals surface area (Å²) in [5, 5.41) is 0. The van der Waals surface area contributed by atoms with Crippen molar-refractivity contribution in [3.05, 3.63) is 29.6 Å². The molecule has 1 fully saturated rings. The van der Waals surface area contributed by atoms with Gasteiger partial charge in [-0.2, -0.15) is 0 Å². The molecule has 2 rings (SSSR count). The Morgan fingerprint density at radius 3 is 2.57 bits per heavy atom. The second kappa shape index (κ2) is 4.15. The van der Waals surface area contributed by atoms with Crippen molar-refractivity contribution in [2.45, 2.75) is 18.4 Å². The first-order chi connectivity index (χ1) is 6.22. The molecule has 0 radical (unpaired) electrons. The molecule has 2 nitrogen and oxygen atoms in total. The first-order valence-corrected chi connectivity index (χ1v) is 4.31. The molecule has 1 saturated carbocycles. The minimum Gasteiger partial charge on any atom is -0.494 e. The summed E-state index contributed by atoms with van der Waals surface area (Å²) in [5.74, 6) is 0.331. The first-order valence-electron chi connectivity index (χ1n) is 4.31. The van der Waals surface area contributed by atoms with Gasteiger partial charge in [-0.15, -0.1) is 12.4 Å². The fourth-order valence-electron chi connectivity index (χ4n) is 1.51. The highest BCUT2D eigenvalue weighted by molar-refractivity contribution is 5.85. The summed E-state index contributed by atoms with van der Waals surface area (Å²) >= 11 is 0. The van der Waals surface area contributed by atoms with E-state index in [1.54, 1.807) is 6.07 Å². The topological polar surface area (TPSA) is 35.2 Å². The summed E-state index contributed by atoms with van der Waals surface area (Å²) in [5.41, 5.74) is 6.64. The lowest BCUT2D eigenvalue weighted by molar-refractivity contribution is 0.386. The van der Waals surface area contributed by atoms with Gasteiger partial charge in [0.05, 0.1) is 7.11 Å². The molecule has 1 aliphatic rings. The smallest absolute Gasteiger partial charge is 0.165 e. The Kier molecular flexibility index (Phi) is 3.34. The third-order valence-corrected chi connectivity index (χ3v) is 2.44. The van der Waals surface area contributed by atoms with E-state index in [9.17, 15) is 4.39 Å². The minimum absolute atomic E-state index is 0. The highest BCUT2D eigenvalue weighted by Crippen LogP contribution is 2.39. The molecule has 1 aromatic carbocycles. The molecular formula is C10H13ClFNO. The minimum atomic E-state index is -0.306. The van der Waals surface area contributed by atoms with Gasteiger partial charge in [-0.1, -0.05) is 6.07 Å². The van der Waals surface area contributed by atoms with E-state index in [1.165, 1.54) is 13.2 Å². The third kappa shape index (κ3) is 1.99. The van der Waals surface area contributed by atoms with Crippen LogP contribution < -0.4 is 10.5 Å². The van der Waals surface area contributed by atoms with Crippen molar-refractivity contribution in [2.75, 3.05) is 7.11 Å². The highest BCUT2D eigenvalue weighted by Gasteiger charge is 2.35. The van der Waals surface area contributed by atoms with Gasteiger partial charge in [0.1, 0.15) is 0 Å². The highest BCUT2D eigenvalue weighted by atomic mass is 35.5. The molecular weight excluding hydrogens is 205 g/mol. The van der Waals surface area contributed by atoms with Crippen LogP contribution in [0.4, 0.5) is 4.39 Å². The molecule has 1 aliphatic carbocycles. The monoisotopic (exact) mass is 217 g/mol. The normalized spacial score (nSPS) is 23.9. The van der Waals surface area contributed by atoms with Crippen LogP contribution in [0, 0.1) is 5.82 Å². The Morgan fingerprint density at radius 1 is 1.50 bits per heavy atom. The maximum absolute atomic E-state index is 13.2. The van der Waals surface area contributed by atoms with Gasteiger partial charge in [-0.3, -0.25) is 0 Å². The number of rotatable bonds is 2. The fraction of sp³-hybridized carbons (Fsp3) is 0.400. The summed E-state index contributed by atoms with van der Waals surface area (Å²) in [6.07, 6.45) is 0.964. The van der Waals surface area contributed by atoms with Crippen LogP contribution in [0.5, 0.6) is 5.75 Å². The quantitative estimate of drug-likeness (QED) is 0.823. The van der Waals surface area contributed by atoms with E-state index in [0.717, 1.165) is 12.0 Å². The van der Waals surface area contributed by atoms with Crippen LogP contribution in [0.3, 0.4) is 0 Å². The summed E-state index contributed by atoms with van der Waals surface area (Å²) in [4.78, 5) is 0. The van der Waals surface area contributed by atoms with Crippen LogP contribution >= 0.6 is 12.4 Å². The maximum atomic E-state index is 13.2. The average molecular weight is 218 g/mol. The van der Waals surface area contributed by atoms with Gasteiger partial charge in [0.25, 0.3) is 0 Å². The second-order valence-electron chi connectivity index (χ2n) is 3.40. The molecule has 2 atom stereocenters. The van der Waals surface area contributed by atoms with Crippen molar-refractivity contribution in [2.24, 2.45) is 5.73 Å². The van der Waals surface area contributed by atoms with E-state index in [1.807, 2.05) is 6.07 Å². The number of methoxy groups -OCH3 is 1. The molecule has 0 aromatic heterocycles. The largest absolute Gasteiger partial charge is 0.494 e. The van der Waals surface area contributed by atoms with Gasteiger partial charge in [0, 0.05) is 12.0 Å². The predicted octanol–water partition coefficient (Wildman–Crippen LogP) is 2.07. The standard InChI is InChI=1S/C10H12FNO.ClH/c1-13-10-3-2-6(4-8(10)11)7-5-9(7)12;/h2-4,7,9H,5,12H2,1H3;1H. The molecule has 0 amide bonds. The molecule has 14 heavy (non-hydrogen) atoms. The lowest BCUT2D eigenvalue weighted by Gasteiger charge is -2.03. The summed E-state index contributed by atoms with van der Waals surface area (Å²) < 4.78 is 18.0. The van der Waals surface area contributed by atoms with E-state index < -0.39 is 0 Å². The Hall–Kier alpha value is -0.800. The fourth-order valence-corrected chi connectivity index (χ4v) is 1.51. The Morgan fingerprint density at radius 2 is 2.14 bits per heavy atom. The van der Waals surface area contributed by atoms with Crippen molar-refractivity contribution in [3.63, 3.8) is 0 Å². The van der Waals surface area contributed by atoms with Crippen molar-refractivity contribution < 1.29 is 9.13 Å². The zero-order valence-electron chi connectivity index (χ0n) is 7.87. The number of benzene rings is 1. The number of ether oxygens (including phenoxy) is 1. The number of hydrogen-bond acceptors (Lipinski definition) is 2. The zero-order chi connectivity index (χ0) is 9.42. The number of halogens is 2. The van der Waals surface area contributed by atoms with Crippen molar-refractivity contribution in [1.29, 1.82) is 0 Å². The molecule has 78 valence electrons. The summed E-state index contributed by atoms with van der Waals surface area (Å²) in [6.45, 7) is 0. The summed E-state index contributed by atoms with van der Waals surface area (Å²) in [7, 11) is 1.46. The predicted molar refractivity (Wildman–Crippen MR) is 55.5 cm³/mol. The van der Waals surface area contributed by atoms with Crippen molar-refractivity contribution in [1.82, 2.24) is 0 Å². The van der Waals surface area contributed by atoms with Gasteiger partial charge in [-0.25, -0.2) is 4.39 Å². The summed E-state index contributed by atoms with van der Waals surface area (Å²) in [6, 6.07) is 5.25. The lowest BCUT2D eigenvalue weighted by Crippen LogP contribution is -2.01. The molecule has 2 unspecified atom stereocenters. The Balaban J connectivity index is 0.000000980. The second-order valence-corrected chi connectivity index (χ2v) is 3.40. The van der Waals surface area contributed by atoms with E-state index in [0.29, 0.717) is 5.92 Å². The average Bonchev–Trinajstić information content (AvgIpc) is 2.82. The van der Waals surface area contributed by atoms with Crippen LogP contribution in [0.1, 0.15) is 17.9 Å². The maximum Gasteiger partial charge on any atom is 0.165 e. The lowest BCUT2D eigenvalue weighted by atomic mass is 10.1. The first kappa shape index (κ1) is 11.3. The Bertz CT molecular complexity index is 332. The van der Waals surface area contributed by atoms with Gasteiger partial charge in [-0.05, 0) is 24.1 Å². The van der Waals surface area contributed by atoms with Crippen molar-refractivity contribution >= 4 is 12.4 Å². The van der Waals surface area contributed by atoms with Crippen LogP contribution in [-0.2, 0) is 0 Å². The molecule has 0 heterocycles. The molecule has 1 aromatic rings. The molecule has 0 bridgehead atoms. The van der Waals surface area contributed by atoms with E-state index in [-0.39, 0.29) is 30.0 Å². The molecule has 0 saturated heterocycles. The van der Waals surface area contributed by atoms with Crippen molar-refractivity contribution in [3.8, 4) is 5.75 Å². The molecule has 0 spiro atoms. The van der Waals surface area contributed by atoms with E-state index >= 15 is 0 Å². The van der Waals surface area contributed by atoms with Gasteiger partial charge in [0.15, 0.2) is 11.6 Å². The van der Waals surface area contributed by atoms with Crippen LogP contribution in [0.2, 0.25) is 0 Å². The molecule has 2 N–H and O–H groups in total. The van der Waals surface area contributed by atoms with E-state index in [2.05, 4.69) is 0 Å². The van der Waals surface area contributed by atoms with Gasteiger partial charge in [0.2, 0.25) is 0 Å². The van der Waals surface area contributed by atoms with Crippen LogP contribution in [-0.4, -0.2) is 13.2 Å².